The van der Waals surface area contributed by atoms with Crippen LogP contribution in [0.1, 0.15) is 31.3 Å². The summed E-state index contributed by atoms with van der Waals surface area (Å²) in [5.74, 6) is 2.80. The van der Waals surface area contributed by atoms with Gasteiger partial charge in [0, 0.05) is 56.2 Å². The number of anilines is 1. The Kier molecular flexibility index (Phi) is 10.9. The number of aromatic nitrogens is 2. The summed E-state index contributed by atoms with van der Waals surface area (Å²) in [5.41, 5.74) is 1.16. The van der Waals surface area contributed by atoms with Crippen LogP contribution < -0.4 is 15.0 Å². The SMILES string of the molecule is CCNC(=NCC(c1ccccc1OC)N(C)C)N1CCN(c2nc(CC)ns2)CC1.I. The van der Waals surface area contributed by atoms with Crippen molar-refractivity contribution in [2.24, 2.45) is 4.99 Å². The second-order valence-electron chi connectivity index (χ2n) is 7.74. The van der Waals surface area contributed by atoms with Gasteiger partial charge in [0.1, 0.15) is 11.6 Å². The number of aryl methyl sites for hydroxylation is 1. The number of hydrogen-bond donors (Lipinski definition) is 1. The lowest BCUT2D eigenvalue weighted by Gasteiger charge is -2.36. The molecule has 1 aromatic carbocycles. The second kappa shape index (κ2) is 13.1. The van der Waals surface area contributed by atoms with Crippen LogP contribution in [0, 0.1) is 0 Å². The molecule has 2 heterocycles. The van der Waals surface area contributed by atoms with Crippen molar-refractivity contribution >= 4 is 46.6 Å². The van der Waals surface area contributed by atoms with E-state index in [0.29, 0.717) is 6.54 Å². The first-order chi connectivity index (χ1) is 15.1. The van der Waals surface area contributed by atoms with Gasteiger partial charge in [0.15, 0.2) is 5.96 Å². The van der Waals surface area contributed by atoms with Crippen LogP contribution in [-0.2, 0) is 6.42 Å². The number of para-hydroxylation sites is 1. The molecule has 0 spiro atoms. The molecule has 1 aromatic heterocycles. The van der Waals surface area contributed by atoms with E-state index in [9.17, 15) is 0 Å². The van der Waals surface area contributed by atoms with Gasteiger partial charge in [-0.1, -0.05) is 25.1 Å². The van der Waals surface area contributed by atoms with E-state index in [-0.39, 0.29) is 30.0 Å². The number of halogens is 1. The van der Waals surface area contributed by atoms with Crippen molar-refractivity contribution in [3.8, 4) is 5.75 Å². The molecule has 0 aliphatic carbocycles. The smallest absolute Gasteiger partial charge is 0.205 e. The predicted molar refractivity (Wildman–Crippen MR) is 144 cm³/mol. The van der Waals surface area contributed by atoms with Crippen LogP contribution in [0.15, 0.2) is 29.3 Å². The van der Waals surface area contributed by atoms with E-state index in [0.717, 1.165) is 67.4 Å². The van der Waals surface area contributed by atoms with E-state index in [1.54, 1.807) is 7.11 Å². The maximum Gasteiger partial charge on any atom is 0.205 e. The van der Waals surface area contributed by atoms with E-state index >= 15 is 0 Å². The summed E-state index contributed by atoms with van der Waals surface area (Å²) >= 11 is 1.50. The fraction of sp³-hybridized carbons (Fsp3) is 0.591. The van der Waals surface area contributed by atoms with Gasteiger partial charge in [0.05, 0.1) is 19.7 Å². The molecule has 0 bridgehead atoms. The van der Waals surface area contributed by atoms with Crippen LogP contribution in [0.4, 0.5) is 5.13 Å². The van der Waals surface area contributed by atoms with Crippen molar-refractivity contribution in [2.45, 2.75) is 26.3 Å². The maximum atomic E-state index is 5.59. The molecule has 1 aliphatic rings. The van der Waals surface area contributed by atoms with Crippen LogP contribution in [0.3, 0.4) is 0 Å². The Hall–Kier alpha value is -1.66. The standard InChI is InChI=1S/C22H35N7OS.HI/c1-6-20-25-22(31-26-20)29-14-12-28(13-15-29)21(23-7-2)24-16-18(27(3)4)17-10-8-9-11-19(17)30-5;/h8-11,18H,6-7,12-16H2,1-5H3,(H,23,24);1H. The molecule has 1 atom stereocenters. The van der Waals surface area contributed by atoms with E-state index in [4.69, 9.17) is 9.73 Å². The van der Waals surface area contributed by atoms with Gasteiger partial charge in [-0.15, -0.1) is 24.0 Å². The summed E-state index contributed by atoms with van der Waals surface area (Å²) < 4.78 is 10.0. The first-order valence-electron chi connectivity index (χ1n) is 11.0. The maximum absolute atomic E-state index is 5.59. The number of hydrogen-bond acceptors (Lipinski definition) is 7. The number of aliphatic imine (C=N–C) groups is 1. The Morgan fingerprint density at radius 3 is 2.53 bits per heavy atom. The zero-order valence-corrected chi connectivity index (χ0v) is 22.9. The molecule has 8 nitrogen and oxygen atoms in total. The third-order valence-electron chi connectivity index (χ3n) is 5.49. The Morgan fingerprint density at radius 2 is 1.94 bits per heavy atom. The second-order valence-corrected chi connectivity index (χ2v) is 8.47. The van der Waals surface area contributed by atoms with Crippen LogP contribution >= 0.6 is 35.5 Å². The summed E-state index contributed by atoms with van der Waals surface area (Å²) in [6, 6.07) is 8.33. The fourth-order valence-electron chi connectivity index (χ4n) is 3.71. The van der Waals surface area contributed by atoms with Crippen LogP contribution in [0.2, 0.25) is 0 Å². The van der Waals surface area contributed by atoms with Crippen molar-refractivity contribution < 1.29 is 4.74 Å². The fourth-order valence-corrected chi connectivity index (χ4v) is 4.51. The number of nitrogens with zero attached hydrogens (tertiary/aromatic N) is 6. The van der Waals surface area contributed by atoms with E-state index in [1.807, 2.05) is 12.1 Å². The molecule has 178 valence electrons. The molecule has 0 amide bonds. The van der Waals surface area contributed by atoms with Gasteiger partial charge < -0.3 is 24.8 Å². The molecule has 2 aromatic rings. The number of rotatable bonds is 8. The minimum Gasteiger partial charge on any atom is -0.496 e. The number of methoxy groups -OCH3 is 1. The summed E-state index contributed by atoms with van der Waals surface area (Å²) in [6.07, 6.45) is 0.882. The van der Waals surface area contributed by atoms with E-state index < -0.39 is 0 Å². The lowest BCUT2D eigenvalue weighted by molar-refractivity contribution is 0.293. The molecule has 0 radical (unpaired) electrons. The Bertz CT molecular complexity index is 852. The zero-order chi connectivity index (χ0) is 22.2. The lowest BCUT2D eigenvalue weighted by atomic mass is 10.0. The van der Waals surface area contributed by atoms with E-state index in [1.165, 1.54) is 11.5 Å². The first kappa shape index (κ1) is 26.6. The van der Waals surface area contributed by atoms with E-state index in [2.05, 4.69) is 69.4 Å². The first-order valence-corrected chi connectivity index (χ1v) is 11.7. The van der Waals surface area contributed by atoms with Crippen molar-refractivity contribution in [1.29, 1.82) is 0 Å². The molecule has 1 unspecified atom stereocenters. The number of guanidine groups is 1. The molecule has 3 rings (SSSR count). The van der Waals surface area contributed by atoms with Gasteiger partial charge in [0.25, 0.3) is 0 Å². The minimum atomic E-state index is 0. The Labute approximate surface area is 213 Å². The van der Waals surface area contributed by atoms with Gasteiger partial charge in [0.2, 0.25) is 5.13 Å². The predicted octanol–water partition coefficient (Wildman–Crippen LogP) is 3.12. The summed E-state index contributed by atoms with van der Waals surface area (Å²) in [5, 5.41) is 4.51. The van der Waals surface area contributed by atoms with Crippen molar-refractivity contribution in [3.05, 3.63) is 35.7 Å². The highest BCUT2D eigenvalue weighted by Gasteiger charge is 2.23. The van der Waals surface area contributed by atoms with Crippen molar-refractivity contribution in [1.82, 2.24) is 24.5 Å². The van der Waals surface area contributed by atoms with Crippen molar-refractivity contribution in [2.75, 3.05) is 65.4 Å². The summed E-state index contributed by atoms with van der Waals surface area (Å²) in [4.78, 5) is 16.5. The highest BCUT2D eigenvalue weighted by Crippen LogP contribution is 2.28. The summed E-state index contributed by atoms with van der Waals surface area (Å²) in [7, 11) is 5.90. The average molecular weight is 574 g/mol. The molecule has 1 aliphatic heterocycles. The lowest BCUT2D eigenvalue weighted by Crippen LogP contribution is -2.52. The molecule has 1 fully saturated rings. The molecule has 0 saturated carbocycles. The number of ether oxygens (including phenoxy) is 1. The summed E-state index contributed by atoms with van der Waals surface area (Å²) in [6.45, 7) is 9.38. The topological polar surface area (TPSA) is 69.1 Å². The van der Waals surface area contributed by atoms with Gasteiger partial charge >= 0.3 is 0 Å². The number of nitrogens with one attached hydrogen (secondary N) is 1. The molecular weight excluding hydrogens is 537 g/mol. The zero-order valence-electron chi connectivity index (χ0n) is 19.7. The number of likely N-dealkylation sites (N-methyl/N-ethyl adjacent to an activating group) is 1. The van der Waals surface area contributed by atoms with Gasteiger partial charge in [-0.2, -0.15) is 4.37 Å². The Morgan fingerprint density at radius 1 is 1.22 bits per heavy atom. The molecule has 1 saturated heterocycles. The van der Waals surface area contributed by atoms with Crippen molar-refractivity contribution in [3.63, 3.8) is 0 Å². The number of piperazine rings is 1. The van der Waals surface area contributed by atoms with Crippen LogP contribution in [0.5, 0.6) is 5.75 Å². The molecular formula is C22H36IN7OS. The third kappa shape index (κ3) is 6.67. The highest BCUT2D eigenvalue weighted by atomic mass is 127. The molecule has 32 heavy (non-hydrogen) atoms. The van der Waals surface area contributed by atoms with Crippen LogP contribution in [0.25, 0.3) is 0 Å². The van der Waals surface area contributed by atoms with Gasteiger partial charge in [-0.3, -0.25) is 4.99 Å². The number of benzene rings is 1. The average Bonchev–Trinajstić information content (AvgIpc) is 3.28. The minimum absolute atomic E-state index is 0. The molecule has 1 N–H and O–H groups in total. The Balaban J connectivity index is 0.00000363. The highest BCUT2D eigenvalue weighted by molar-refractivity contribution is 14.0. The normalized spacial score (nSPS) is 15.5. The monoisotopic (exact) mass is 573 g/mol. The quantitative estimate of drug-likeness (QED) is 0.296. The van der Waals surface area contributed by atoms with Gasteiger partial charge in [-0.05, 0) is 27.1 Å². The van der Waals surface area contributed by atoms with Crippen LogP contribution in [-0.4, -0.2) is 85.6 Å². The van der Waals surface area contributed by atoms with Gasteiger partial charge in [-0.25, -0.2) is 4.98 Å². The molecule has 10 heteroatoms. The largest absolute Gasteiger partial charge is 0.496 e. The third-order valence-corrected chi connectivity index (χ3v) is 6.31.